The summed E-state index contributed by atoms with van der Waals surface area (Å²) < 4.78 is 2.34. The van der Waals surface area contributed by atoms with Crippen molar-refractivity contribution in [2.75, 3.05) is 18.5 Å². The molecule has 0 saturated carbocycles. The highest BCUT2D eigenvalue weighted by molar-refractivity contribution is 6.07. The summed E-state index contributed by atoms with van der Waals surface area (Å²) in [4.78, 5) is 27.9. The fraction of sp³-hybridized carbons (Fsp3) is 0.297. The van der Waals surface area contributed by atoms with Crippen LogP contribution in [-0.4, -0.2) is 50.8 Å². The molecule has 1 amide bonds. The summed E-state index contributed by atoms with van der Waals surface area (Å²) in [5, 5.41) is 7.68. The summed E-state index contributed by atoms with van der Waals surface area (Å²) >= 11 is 0. The SMILES string of the molecule is CN1CCCC1CCn1c(CCc2ccc(C(=N)N)cc2)nc2cc(C(=O)N(Cc3ccc(CN)cc3)c3ccccn3)ccc21. The highest BCUT2D eigenvalue weighted by Crippen LogP contribution is 2.25. The Morgan fingerprint density at radius 3 is 2.37 bits per heavy atom. The second-order valence-corrected chi connectivity index (χ2v) is 12.2. The molecule has 3 aromatic carbocycles. The molecule has 9 heteroatoms. The molecule has 1 fully saturated rings. The molecule has 3 heterocycles. The van der Waals surface area contributed by atoms with Gasteiger partial charge in [0.1, 0.15) is 17.5 Å². The van der Waals surface area contributed by atoms with Crippen molar-refractivity contribution < 1.29 is 4.79 Å². The number of nitrogen functional groups attached to an aromatic ring is 1. The molecule has 6 rings (SSSR count). The molecular weight excluding hydrogens is 572 g/mol. The maximum Gasteiger partial charge on any atom is 0.259 e. The number of amides is 1. The van der Waals surface area contributed by atoms with E-state index in [-0.39, 0.29) is 11.7 Å². The maximum absolute atomic E-state index is 14.1. The van der Waals surface area contributed by atoms with Crippen LogP contribution in [0.3, 0.4) is 0 Å². The van der Waals surface area contributed by atoms with Gasteiger partial charge in [-0.05, 0) is 86.3 Å². The number of pyridine rings is 1. The van der Waals surface area contributed by atoms with Gasteiger partial charge in [-0.1, -0.05) is 54.6 Å². The Hall–Kier alpha value is -4.86. The van der Waals surface area contributed by atoms with Gasteiger partial charge in [-0.25, -0.2) is 9.97 Å². The van der Waals surface area contributed by atoms with E-state index < -0.39 is 0 Å². The van der Waals surface area contributed by atoms with Crippen LogP contribution in [0.1, 0.15) is 57.7 Å². The molecule has 0 aliphatic carbocycles. The Labute approximate surface area is 270 Å². The van der Waals surface area contributed by atoms with Crippen LogP contribution >= 0.6 is 0 Å². The first-order valence-corrected chi connectivity index (χ1v) is 16.0. The van der Waals surface area contributed by atoms with E-state index in [0.717, 1.165) is 65.9 Å². The van der Waals surface area contributed by atoms with Crippen molar-refractivity contribution in [2.45, 2.75) is 57.8 Å². The Bertz CT molecular complexity index is 1800. The number of amidine groups is 1. The molecule has 5 N–H and O–H groups in total. The van der Waals surface area contributed by atoms with Gasteiger partial charge >= 0.3 is 0 Å². The minimum Gasteiger partial charge on any atom is -0.384 e. The number of anilines is 1. The Morgan fingerprint density at radius 2 is 1.70 bits per heavy atom. The number of carbonyl (C=O) groups is 1. The third-order valence-corrected chi connectivity index (χ3v) is 9.10. The molecule has 46 heavy (non-hydrogen) atoms. The van der Waals surface area contributed by atoms with Gasteiger partial charge in [-0.3, -0.25) is 15.1 Å². The van der Waals surface area contributed by atoms with Gasteiger partial charge in [0.25, 0.3) is 5.91 Å². The topological polar surface area (TPSA) is 130 Å². The summed E-state index contributed by atoms with van der Waals surface area (Å²) in [6, 6.07) is 27.9. The second-order valence-electron chi connectivity index (χ2n) is 12.2. The molecule has 0 bridgehead atoms. The molecule has 2 aromatic heterocycles. The molecular formula is C37H42N8O. The Morgan fingerprint density at radius 1 is 0.957 bits per heavy atom. The number of aromatic nitrogens is 3. The van der Waals surface area contributed by atoms with Gasteiger partial charge in [0, 0.05) is 42.9 Å². The molecule has 0 spiro atoms. The predicted molar refractivity (Wildman–Crippen MR) is 184 cm³/mol. The van der Waals surface area contributed by atoms with Crippen molar-refractivity contribution >= 4 is 28.6 Å². The van der Waals surface area contributed by atoms with Crippen molar-refractivity contribution in [3.63, 3.8) is 0 Å². The smallest absolute Gasteiger partial charge is 0.259 e. The van der Waals surface area contributed by atoms with Crippen molar-refractivity contribution in [2.24, 2.45) is 11.5 Å². The summed E-state index contributed by atoms with van der Waals surface area (Å²) in [6.45, 7) is 2.88. The summed E-state index contributed by atoms with van der Waals surface area (Å²) in [5.41, 5.74) is 17.8. The van der Waals surface area contributed by atoms with Crippen molar-refractivity contribution in [1.82, 2.24) is 19.4 Å². The zero-order valence-electron chi connectivity index (χ0n) is 26.4. The van der Waals surface area contributed by atoms with Gasteiger partial charge in [-0.2, -0.15) is 0 Å². The van der Waals surface area contributed by atoms with Crippen LogP contribution in [0.4, 0.5) is 5.82 Å². The molecule has 5 aromatic rings. The van der Waals surface area contributed by atoms with Gasteiger partial charge in [-0.15, -0.1) is 0 Å². The fourth-order valence-corrected chi connectivity index (χ4v) is 6.37. The lowest BCUT2D eigenvalue weighted by molar-refractivity contribution is 0.0984. The molecule has 1 aliphatic heterocycles. The van der Waals surface area contributed by atoms with Crippen LogP contribution in [0.15, 0.2) is 91.1 Å². The molecule has 1 saturated heterocycles. The van der Waals surface area contributed by atoms with Crippen LogP contribution in [0.25, 0.3) is 11.0 Å². The number of hydrogen-bond donors (Lipinski definition) is 3. The van der Waals surface area contributed by atoms with E-state index in [1.807, 2.05) is 84.9 Å². The standard InChI is InChI=1S/C37H42N8O/c1-43-21-4-5-31(43)19-22-44-33-17-16-30(23-32(33)42-35(44)18-13-26-11-14-29(15-12-26)36(39)40)37(46)45(34-6-2-3-20-41-34)25-28-9-7-27(24-38)8-10-28/h2-3,6-12,14-17,20,23,31H,4-5,13,18-19,21-22,24-25,38H2,1H3,(H3,39,40). The number of benzene rings is 3. The van der Waals surface area contributed by atoms with E-state index in [9.17, 15) is 4.79 Å². The Kier molecular flexibility index (Phi) is 9.51. The Balaban J connectivity index is 1.30. The number of carbonyl (C=O) groups excluding carboxylic acids is 1. The molecule has 1 aliphatic rings. The number of nitrogens with one attached hydrogen (secondary N) is 1. The van der Waals surface area contributed by atoms with E-state index in [0.29, 0.717) is 30.5 Å². The highest BCUT2D eigenvalue weighted by atomic mass is 16.2. The average Bonchev–Trinajstić information content (AvgIpc) is 3.67. The molecule has 1 unspecified atom stereocenters. The number of likely N-dealkylation sites (tertiary alicyclic amines) is 1. The number of nitrogens with zero attached hydrogens (tertiary/aromatic N) is 5. The third kappa shape index (κ3) is 7.01. The van der Waals surface area contributed by atoms with Crippen LogP contribution in [0.5, 0.6) is 0 Å². The first kappa shape index (κ1) is 31.1. The van der Waals surface area contributed by atoms with E-state index in [1.165, 1.54) is 18.4 Å². The number of fused-ring (bicyclic) bond motifs is 1. The molecule has 1 atom stereocenters. The highest BCUT2D eigenvalue weighted by Gasteiger charge is 2.23. The minimum absolute atomic E-state index is 0.0710. The van der Waals surface area contributed by atoms with Crippen molar-refractivity contribution in [3.8, 4) is 0 Å². The number of rotatable bonds is 12. The molecule has 9 nitrogen and oxygen atoms in total. The largest absolute Gasteiger partial charge is 0.384 e. The van der Waals surface area contributed by atoms with E-state index in [2.05, 4.69) is 21.5 Å². The second kappa shape index (κ2) is 14.1. The summed E-state index contributed by atoms with van der Waals surface area (Å²) in [5.74, 6) is 1.55. The monoisotopic (exact) mass is 614 g/mol. The number of nitrogens with two attached hydrogens (primary N) is 2. The van der Waals surface area contributed by atoms with Gasteiger partial charge in [0.2, 0.25) is 0 Å². The molecule has 236 valence electrons. The van der Waals surface area contributed by atoms with Crippen molar-refractivity contribution in [1.29, 1.82) is 5.41 Å². The normalized spacial score (nSPS) is 15.0. The number of imidazole rings is 1. The lowest BCUT2D eigenvalue weighted by Crippen LogP contribution is -2.31. The predicted octanol–water partition coefficient (Wildman–Crippen LogP) is 5.29. The quantitative estimate of drug-likeness (QED) is 0.129. The van der Waals surface area contributed by atoms with Crippen molar-refractivity contribution in [3.05, 3.63) is 125 Å². The minimum atomic E-state index is -0.127. The van der Waals surface area contributed by atoms with Crippen LogP contribution in [0.2, 0.25) is 0 Å². The summed E-state index contributed by atoms with van der Waals surface area (Å²) in [7, 11) is 2.22. The zero-order valence-corrected chi connectivity index (χ0v) is 26.4. The first-order valence-electron chi connectivity index (χ1n) is 16.0. The van der Waals surface area contributed by atoms with Gasteiger partial charge in [0.05, 0.1) is 17.6 Å². The van der Waals surface area contributed by atoms with Gasteiger partial charge in [0.15, 0.2) is 0 Å². The van der Waals surface area contributed by atoms with E-state index in [1.54, 1.807) is 11.1 Å². The van der Waals surface area contributed by atoms with E-state index in [4.69, 9.17) is 21.9 Å². The maximum atomic E-state index is 14.1. The van der Waals surface area contributed by atoms with Crippen LogP contribution in [0, 0.1) is 5.41 Å². The van der Waals surface area contributed by atoms with Crippen LogP contribution in [-0.2, 0) is 32.5 Å². The lowest BCUT2D eigenvalue weighted by Gasteiger charge is -2.22. The zero-order chi connectivity index (χ0) is 32.0. The van der Waals surface area contributed by atoms with Crippen LogP contribution < -0.4 is 16.4 Å². The summed E-state index contributed by atoms with van der Waals surface area (Å²) in [6.07, 6.45) is 6.80. The fourth-order valence-electron chi connectivity index (χ4n) is 6.37. The number of hydrogen-bond acceptors (Lipinski definition) is 6. The molecule has 0 radical (unpaired) electrons. The van der Waals surface area contributed by atoms with E-state index >= 15 is 0 Å². The first-order chi connectivity index (χ1) is 22.4. The number of aryl methyl sites for hydroxylation is 3. The third-order valence-electron chi connectivity index (χ3n) is 9.10. The average molecular weight is 615 g/mol. The van der Waals surface area contributed by atoms with Gasteiger partial charge < -0.3 is 20.9 Å². The lowest BCUT2D eigenvalue weighted by atomic mass is 10.1.